The number of nitrogens with zero attached hydrogens (tertiary/aromatic N) is 2. The molecule has 0 radical (unpaired) electrons. The van der Waals surface area contributed by atoms with Gasteiger partial charge in [-0.2, -0.15) is 5.10 Å². The van der Waals surface area contributed by atoms with Crippen molar-refractivity contribution in [2.75, 3.05) is 24.6 Å². The highest BCUT2D eigenvalue weighted by atomic mass is 35.5. The zero-order valence-electron chi connectivity index (χ0n) is 17.1. The number of hydrogen-bond acceptors (Lipinski definition) is 5. The molecule has 0 unspecified atom stereocenters. The Morgan fingerprint density at radius 3 is 2.66 bits per heavy atom. The Morgan fingerprint density at radius 1 is 1.24 bits per heavy atom. The van der Waals surface area contributed by atoms with Crippen molar-refractivity contribution in [2.24, 2.45) is 5.10 Å². The standard InChI is InChI=1S/C22H28ClN3O3/c1-4-26(5-2)19-10-8-17(20(27)14-19)15-24-25-22(28)7-6-12-29-21-11-9-18(23)13-16(21)3/h8-11,13-15,27H,4-7,12H2,1-3H3,(H,25,28)/b24-15+. The van der Waals surface area contributed by atoms with E-state index < -0.39 is 0 Å². The molecule has 0 spiro atoms. The van der Waals surface area contributed by atoms with Crippen LogP contribution in [0.3, 0.4) is 0 Å². The summed E-state index contributed by atoms with van der Waals surface area (Å²) in [5.41, 5.74) is 4.92. The summed E-state index contributed by atoms with van der Waals surface area (Å²) in [6.45, 7) is 8.20. The normalized spacial score (nSPS) is 10.9. The molecule has 1 amide bonds. The highest BCUT2D eigenvalue weighted by Gasteiger charge is 2.06. The lowest BCUT2D eigenvalue weighted by atomic mass is 10.2. The van der Waals surface area contributed by atoms with E-state index in [1.807, 2.05) is 25.1 Å². The predicted molar refractivity (Wildman–Crippen MR) is 118 cm³/mol. The molecule has 0 aliphatic carbocycles. The summed E-state index contributed by atoms with van der Waals surface area (Å²) in [6.07, 6.45) is 2.29. The highest BCUT2D eigenvalue weighted by molar-refractivity contribution is 6.30. The number of benzene rings is 2. The molecule has 0 aliphatic rings. The van der Waals surface area contributed by atoms with Gasteiger partial charge in [-0.1, -0.05) is 11.6 Å². The molecule has 2 N–H and O–H groups in total. The first-order chi connectivity index (χ1) is 13.9. The number of phenolic OH excluding ortho intramolecular Hbond substituents is 1. The van der Waals surface area contributed by atoms with E-state index in [0.29, 0.717) is 23.6 Å². The van der Waals surface area contributed by atoms with E-state index in [4.69, 9.17) is 16.3 Å². The van der Waals surface area contributed by atoms with Gasteiger partial charge in [0.1, 0.15) is 11.5 Å². The fourth-order valence-electron chi connectivity index (χ4n) is 2.85. The number of hydrogen-bond donors (Lipinski definition) is 2. The molecule has 0 bridgehead atoms. The van der Waals surface area contributed by atoms with Crippen molar-refractivity contribution in [3.63, 3.8) is 0 Å². The lowest BCUT2D eigenvalue weighted by Gasteiger charge is -2.21. The monoisotopic (exact) mass is 417 g/mol. The number of rotatable bonds is 10. The number of aryl methyl sites for hydroxylation is 1. The number of phenols is 1. The fraction of sp³-hybridized carbons (Fsp3) is 0.364. The Balaban J connectivity index is 1.76. The third-order valence-corrected chi connectivity index (χ3v) is 4.71. The third kappa shape index (κ3) is 6.98. The number of carbonyl (C=O) groups excluding carboxylic acids is 1. The Hall–Kier alpha value is -2.73. The van der Waals surface area contributed by atoms with Crippen LogP contribution in [0.25, 0.3) is 0 Å². The van der Waals surface area contributed by atoms with Gasteiger partial charge in [0.15, 0.2) is 0 Å². The summed E-state index contributed by atoms with van der Waals surface area (Å²) in [4.78, 5) is 14.0. The topological polar surface area (TPSA) is 74.2 Å². The van der Waals surface area contributed by atoms with Gasteiger partial charge in [-0.15, -0.1) is 0 Å². The van der Waals surface area contributed by atoms with Crippen molar-refractivity contribution in [3.8, 4) is 11.5 Å². The van der Waals surface area contributed by atoms with E-state index in [2.05, 4.69) is 29.3 Å². The summed E-state index contributed by atoms with van der Waals surface area (Å²) < 4.78 is 5.67. The predicted octanol–water partition coefficient (Wildman–Crippen LogP) is 4.51. The van der Waals surface area contributed by atoms with Gasteiger partial charge in [0.05, 0.1) is 12.8 Å². The van der Waals surface area contributed by atoms with E-state index in [1.54, 1.807) is 18.2 Å². The van der Waals surface area contributed by atoms with Crippen LogP contribution in [0.1, 0.15) is 37.8 Å². The van der Waals surface area contributed by atoms with Gasteiger partial charge in [-0.3, -0.25) is 4.79 Å². The van der Waals surface area contributed by atoms with Gasteiger partial charge < -0.3 is 14.7 Å². The Bertz CT molecular complexity index is 851. The SMILES string of the molecule is CCN(CC)c1ccc(/C=N/NC(=O)CCCOc2ccc(Cl)cc2C)c(O)c1. The van der Waals surface area contributed by atoms with Crippen LogP contribution >= 0.6 is 11.6 Å². The molecular formula is C22H28ClN3O3. The van der Waals surface area contributed by atoms with Crippen LogP contribution in [0.4, 0.5) is 5.69 Å². The zero-order valence-corrected chi connectivity index (χ0v) is 17.9. The molecule has 0 saturated heterocycles. The van der Waals surface area contributed by atoms with Gasteiger partial charge >= 0.3 is 0 Å². The number of ether oxygens (including phenoxy) is 1. The van der Waals surface area contributed by atoms with Crippen molar-refractivity contribution in [3.05, 3.63) is 52.5 Å². The lowest BCUT2D eigenvalue weighted by Crippen LogP contribution is -2.21. The largest absolute Gasteiger partial charge is 0.507 e. The second-order valence-electron chi connectivity index (χ2n) is 6.57. The van der Waals surface area contributed by atoms with Crippen LogP contribution in [0.2, 0.25) is 5.02 Å². The van der Waals surface area contributed by atoms with Crippen molar-refractivity contribution >= 4 is 29.4 Å². The van der Waals surface area contributed by atoms with Crippen LogP contribution in [0.15, 0.2) is 41.5 Å². The second kappa shape index (κ2) is 11.3. The number of aromatic hydroxyl groups is 1. The molecule has 0 aliphatic heterocycles. The molecule has 156 valence electrons. The molecule has 2 aromatic rings. The number of amides is 1. The quantitative estimate of drug-likeness (QED) is 0.339. The second-order valence-corrected chi connectivity index (χ2v) is 7.01. The van der Waals surface area contributed by atoms with Gasteiger partial charge in [0.25, 0.3) is 0 Å². The van der Waals surface area contributed by atoms with Crippen LogP contribution < -0.4 is 15.1 Å². The molecule has 2 rings (SSSR count). The van der Waals surface area contributed by atoms with Crippen molar-refractivity contribution in [2.45, 2.75) is 33.6 Å². The molecule has 7 heteroatoms. The number of nitrogens with one attached hydrogen (secondary N) is 1. The summed E-state index contributed by atoms with van der Waals surface area (Å²) >= 11 is 5.92. The van der Waals surface area contributed by atoms with Gasteiger partial charge in [0.2, 0.25) is 5.91 Å². The smallest absolute Gasteiger partial charge is 0.240 e. The minimum atomic E-state index is -0.211. The van der Waals surface area contributed by atoms with E-state index in [9.17, 15) is 9.90 Å². The van der Waals surface area contributed by atoms with E-state index in [-0.39, 0.29) is 18.1 Å². The maximum absolute atomic E-state index is 11.9. The van der Waals surface area contributed by atoms with Crippen LogP contribution in [0, 0.1) is 6.92 Å². The Kier molecular flexibility index (Phi) is 8.80. The molecular weight excluding hydrogens is 390 g/mol. The summed E-state index contributed by atoms with van der Waals surface area (Å²) in [6, 6.07) is 10.8. The molecule has 0 aromatic heterocycles. The molecule has 2 aromatic carbocycles. The minimum absolute atomic E-state index is 0.124. The van der Waals surface area contributed by atoms with Gasteiger partial charge in [0, 0.05) is 41.9 Å². The van der Waals surface area contributed by atoms with Crippen molar-refractivity contribution in [1.29, 1.82) is 0 Å². The third-order valence-electron chi connectivity index (χ3n) is 4.48. The lowest BCUT2D eigenvalue weighted by molar-refractivity contribution is -0.121. The number of anilines is 1. The highest BCUT2D eigenvalue weighted by Crippen LogP contribution is 2.24. The molecule has 29 heavy (non-hydrogen) atoms. The van der Waals surface area contributed by atoms with Crippen LogP contribution in [-0.4, -0.2) is 36.9 Å². The maximum Gasteiger partial charge on any atom is 0.240 e. The molecule has 0 heterocycles. The van der Waals surface area contributed by atoms with E-state index >= 15 is 0 Å². The fourth-order valence-corrected chi connectivity index (χ4v) is 3.07. The van der Waals surface area contributed by atoms with Crippen molar-refractivity contribution in [1.82, 2.24) is 5.43 Å². The maximum atomic E-state index is 11.9. The van der Waals surface area contributed by atoms with E-state index in [0.717, 1.165) is 30.1 Å². The van der Waals surface area contributed by atoms with E-state index in [1.165, 1.54) is 6.21 Å². The van der Waals surface area contributed by atoms with Crippen molar-refractivity contribution < 1.29 is 14.6 Å². The first-order valence-corrected chi connectivity index (χ1v) is 10.1. The molecule has 0 saturated carbocycles. The summed E-state index contributed by atoms with van der Waals surface area (Å²) in [5.74, 6) is 0.674. The van der Waals surface area contributed by atoms with Gasteiger partial charge in [-0.05, 0) is 63.1 Å². The molecule has 0 atom stereocenters. The average molecular weight is 418 g/mol. The zero-order chi connectivity index (χ0) is 21.2. The van der Waals surface area contributed by atoms with Gasteiger partial charge in [-0.25, -0.2) is 5.43 Å². The molecule has 6 nitrogen and oxygen atoms in total. The number of halogens is 1. The number of carbonyl (C=O) groups is 1. The van der Waals surface area contributed by atoms with Crippen LogP contribution in [-0.2, 0) is 4.79 Å². The number of hydrazone groups is 1. The Morgan fingerprint density at radius 2 is 2.00 bits per heavy atom. The molecule has 0 fully saturated rings. The first-order valence-electron chi connectivity index (χ1n) is 9.73. The minimum Gasteiger partial charge on any atom is -0.507 e. The Labute approximate surface area is 177 Å². The summed E-state index contributed by atoms with van der Waals surface area (Å²) in [5, 5.41) is 14.8. The first kappa shape index (κ1) is 22.6. The summed E-state index contributed by atoms with van der Waals surface area (Å²) in [7, 11) is 0. The van der Waals surface area contributed by atoms with Crippen LogP contribution in [0.5, 0.6) is 11.5 Å². The average Bonchev–Trinajstić information content (AvgIpc) is 2.69.